The van der Waals surface area contributed by atoms with E-state index in [9.17, 15) is 4.79 Å². The fourth-order valence-electron chi connectivity index (χ4n) is 2.70. The minimum absolute atomic E-state index is 0.157. The Morgan fingerprint density at radius 3 is 2.22 bits per heavy atom. The average Bonchev–Trinajstić information content (AvgIpc) is 2.48. The SMILES string of the molecule is Cc1cc(C)cc(C(=O)Nc2ncnc3cc(C)c(C)cc23)c1. The van der Waals surface area contributed by atoms with Crippen molar-refractivity contribution in [2.24, 2.45) is 0 Å². The third kappa shape index (κ3) is 3.06. The van der Waals surface area contributed by atoms with E-state index in [2.05, 4.69) is 15.3 Å². The molecule has 23 heavy (non-hydrogen) atoms. The number of carbonyl (C=O) groups excluding carboxylic acids is 1. The van der Waals surface area contributed by atoms with Crippen LogP contribution in [0.5, 0.6) is 0 Å². The lowest BCUT2D eigenvalue weighted by molar-refractivity contribution is 0.102. The standard InChI is InChI=1S/C19H19N3O/c1-11-5-12(2)7-15(6-11)19(23)22-18-16-8-13(3)14(4)9-17(16)20-10-21-18/h5-10H,1-4H3,(H,20,21,22,23). The molecule has 1 N–H and O–H groups in total. The average molecular weight is 305 g/mol. The van der Waals surface area contributed by atoms with Gasteiger partial charge in [0.25, 0.3) is 5.91 Å². The molecule has 0 radical (unpaired) electrons. The molecule has 0 spiro atoms. The number of aryl methyl sites for hydroxylation is 4. The third-order valence-corrected chi connectivity index (χ3v) is 3.97. The van der Waals surface area contributed by atoms with Crippen molar-refractivity contribution in [1.29, 1.82) is 0 Å². The van der Waals surface area contributed by atoms with Gasteiger partial charge in [-0.3, -0.25) is 4.79 Å². The number of carbonyl (C=O) groups is 1. The molecule has 0 aliphatic rings. The molecule has 4 heteroatoms. The highest BCUT2D eigenvalue weighted by Crippen LogP contribution is 2.23. The molecule has 0 atom stereocenters. The van der Waals surface area contributed by atoms with Gasteiger partial charge < -0.3 is 5.32 Å². The van der Waals surface area contributed by atoms with Crippen molar-refractivity contribution >= 4 is 22.6 Å². The summed E-state index contributed by atoms with van der Waals surface area (Å²) in [5.41, 5.74) is 5.91. The van der Waals surface area contributed by atoms with Gasteiger partial charge in [-0.1, -0.05) is 17.2 Å². The summed E-state index contributed by atoms with van der Waals surface area (Å²) in [5, 5.41) is 3.77. The topological polar surface area (TPSA) is 54.9 Å². The first-order chi connectivity index (χ1) is 10.9. The highest BCUT2D eigenvalue weighted by atomic mass is 16.1. The van der Waals surface area contributed by atoms with Crippen molar-refractivity contribution < 1.29 is 4.79 Å². The van der Waals surface area contributed by atoms with Crippen LogP contribution in [0.25, 0.3) is 10.9 Å². The Kier molecular flexibility index (Phi) is 3.82. The number of benzene rings is 2. The fraction of sp³-hybridized carbons (Fsp3) is 0.211. The molecular formula is C19H19N3O. The number of aromatic nitrogens is 2. The molecule has 1 aromatic heterocycles. The Morgan fingerprint density at radius 1 is 0.870 bits per heavy atom. The molecule has 2 aromatic carbocycles. The molecule has 0 aliphatic carbocycles. The van der Waals surface area contributed by atoms with Crippen molar-refractivity contribution in [3.63, 3.8) is 0 Å². The first kappa shape index (κ1) is 15.2. The van der Waals surface area contributed by atoms with E-state index in [1.54, 1.807) is 0 Å². The number of anilines is 1. The molecule has 4 nitrogen and oxygen atoms in total. The third-order valence-electron chi connectivity index (χ3n) is 3.97. The maximum Gasteiger partial charge on any atom is 0.256 e. The molecule has 0 bridgehead atoms. The predicted molar refractivity (Wildman–Crippen MR) is 92.9 cm³/mol. The molecule has 0 saturated carbocycles. The number of rotatable bonds is 2. The van der Waals surface area contributed by atoms with Crippen molar-refractivity contribution in [3.05, 3.63) is 64.5 Å². The van der Waals surface area contributed by atoms with Crippen LogP contribution in [0.4, 0.5) is 5.82 Å². The van der Waals surface area contributed by atoms with Crippen molar-refractivity contribution in [2.75, 3.05) is 5.32 Å². The number of fused-ring (bicyclic) bond motifs is 1. The van der Waals surface area contributed by atoms with Crippen molar-refractivity contribution in [2.45, 2.75) is 27.7 Å². The molecule has 0 unspecified atom stereocenters. The van der Waals surface area contributed by atoms with Crippen LogP contribution in [0.15, 0.2) is 36.7 Å². The highest BCUT2D eigenvalue weighted by Gasteiger charge is 2.11. The Hall–Kier alpha value is -2.75. The van der Waals surface area contributed by atoms with Gasteiger partial charge in [-0.2, -0.15) is 0 Å². The van der Waals surface area contributed by atoms with E-state index in [1.165, 1.54) is 11.9 Å². The van der Waals surface area contributed by atoms with Gasteiger partial charge in [-0.05, 0) is 63.1 Å². The van der Waals surface area contributed by atoms with Crippen LogP contribution in [-0.4, -0.2) is 15.9 Å². The van der Waals surface area contributed by atoms with E-state index in [1.807, 2.05) is 58.0 Å². The van der Waals surface area contributed by atoms with Crippen LogP contribution in [0.1, 0.15) is 32.6 Å². The van der Waals surface area contributed by atoms with E-state index < -0.39 is 0 Å². The second kappa shape index (κ2) is 5.80. The summed E-state index contributed by atoms with van der Waals surface area (Å²) in [6.45, 7) is 8.05. The van der Waals surface area contributed by atoms with E-state index in [-0.39, 0.29) is 5.91 Å². The maximum absolute atomic E-state index is 12.5. The molecular weight excluding hydrogens is 286 g/mol. The molecule has 3 aromatic rings. The fourth-order valence-corrected chi connectivity index (χ4v) is 2.70. The minimum Gasteiger partial charge on any atom is -0.306 e. The molecule has 1 amide bonds. The van der Waals surface area contributed by atoms with Gasteiger partial charge in [0.15, 0.2) is 0 Å². The number of amides is 1. The summed E-state index contributed by atoms with van der Waals surface area (Å²) in [6.07, 6.45) is 1.48. The lowest BCUT2D eigenvalue weighted by Crippen LogP contribution is -2.14. The van der Waals surface area contributed by atoms with Gasteiger partial charge in [0.05, 0.1) is 5.52 Å². The van der Waals surface area contributed by atoms with Crippen molar-refractivity contribution in [3.8, 4) is 0 Å². The largest absolute Gasteiger partial charge is 0.306 e. The van der Waals surface area contributed by atoms with Gasteiger partial charge in [-0.15, -0.1) is 0 Å². The monoisotopic (exact) mass is 305 g/mol. The quantitative estimate of drug-likeness (QED) is 0.775. The number of hydrogen-bond donors (Lipinski definition) is 1. The molecule has 1 heterocycles. The van der Waals surface area contributed by atoms with Crippen LogP contribution in [0.3, 0.4) is 0 Å². The van der Waals surface area contributed by atoms with Crippen LogP contribution >= 0.6 is 0 Å². The normalized spacial score (nSPS) is 10.8. The maximum atomic E-state index is 12.5. The van der Waals surface area contributed by atoms with Crippen LogP contribution in [-0.2, 0) is 0 Å². The summed E-state index contributed by atoms with van der Waals surface area (Å²) >= 11 is 0. The Labute approximate surface area is 135 Å². The predicted octanol–water partition coefficient (Wildman–Crippen LogP) is 4.12. The minimum atomic E-state index is -0.157. The zero-order valence-corrected chi connectivity index (χ0v) is 13.8. The van der Waals surface area contributed by atoms with Gasteiger partial charge in [-0.25, -0.2) is 9.97 Å². The van der Waals surface area contributed by atoms with Gasteiger partial charge in [0, 0.05) is 10.9 Å². The smallest absolute Gasteiger partial charge is 0.256 e. The van der Waals surface area contributed by atoms with Crippen LogP contribution in [0, 0.1) is 27.7 Å². The molecule has 3 rings (SSSR count). The van der Waals surface area contributed by atoms with Gasteiger partial charge in [0.2, 0.25) is 0 Å². The molecule has 0 fully saturated rings. The zero-order valence-electron chi connectivity index (χ0n) is 13.8. The van der Waals surface area contributed by atoms with Crippen LogP contribution < -0.4 is 5.32 Å². The first-order valence-electron chi connectivity index (χ1n) is 7.55. The van der Waals surface area contributed by atoms with Crippen molar-refractivity contribution in [1.82, 2.24) is 9.97 Å². The Morgan fingerprint density at radius 2 is 1.52 bits per heavy atom. The summed E-state index contributed by atoms with van der Waals surface area (Å²) in [7, 11) is 0. The zero-order chi connectivity index (χ0) is 16.6. The first-order valence-corrected chi connectivity index (χ1v) is 7.55. The van der Waals surface area contributed by atoms with E-state index in [0.29, 0.717) is 11.4 Å². The van der Waals surface area contributed by atoms with E-state index >= 15 is 0 Å². The lowest BCUT2D eigenvalue weighted by atomic mass is 10.1. The second-order valence-electron chi connectivity index (χ2n) is 6.01. The molecule has 116 valence electrons. The summed E-state index contributed by atoms with van der Waals surface area (Å²) in [6, 6.07) is 9.83. The summed E-state index contributed by atoms with van der Waals surface area (Å²) in [5.74, 6) is 0.386. The number of hydrogen-bond acceptors (Lipinski definition) is 3. The highest BCUT2D eigenvalue weighted by molar-refractivity contribution is 6.07. The summed E-state index contributed by atoms with van der Waals surface area (Å²) in [4.78, 5) is 21.1. The van der Waals surface area contributed by atoms with Gasteiger partial charge in [0.1, 0.15) is 12.1 Å². The second-order valence-corrected chi connectivity index (χ2v) is 6.01. The number of nitrogens with zero attached hydrogens (tertiary/aromatic N) is 2. The number of nitrogens with one attached hydrogen (secondary N) is 1. The van der Waals surface area contributed by atoms with Gasteiger partial charge >= 0.3 is 0 Å². The lowest BCUT2D eigenvalue weighted by Gasteiger charge is -2.10. The Bertz CT molecular complexity index is 896. The molecule has 0 aliphatic heterocycles. The van der Waals surface area contributed by atoms with E-state index in [4.69, 9.17) is 0 Å². The van der Waals surface area contributed by atoms with E-state index in [0.717, 1.165) is 27.6 Å². The summed E-state index contributed by atoms with van der Waals surface area (Å²) < 4.78 is 0. The molecule has 0 saturated heterocycles. The van der Waals surface area contributed by atoms with Crippen LogP contribution in [0.2, 0.25) is 0 Å². The Balaban J connectivity index is 2.01.